The van der Waals surface area contributed by atoms with Crippen molar-refractivity contribution in [1.29, 1.82) is 0 Å². The lowest BCUT2D eigenvalue weighted by Crippen LogP contribution is -2.14. The van der Waals surface area contributed by atoms with E-state index < -0.39 is 10.4 Å². The maximum atomic E-state index is 11.3. The van der Waals surface area contributed by atoms with Gasteiger partial charge in [-0.25, -0.2) is 0 Å². The summed E-state index contributed by atoms with van der Waals surface area (Å²) < 4.78 is 33.3. The van der Waals surface area contributed by atoms with Gasteiger partial charge in [-0.05, 0) is 19.0 Å². The summed E-state index contributed by atoms with van der Waals surface area (Å²) >= 11 is 0. The van der Waals surface area contributed by atoms with E-state index in [0.29, 0.717) is 18.5 Å². The third-order valence-electron chi connectivity index (χ3n) is 2.63. The summed E-state index contributed by atoms with van der Waals surface area (Å²) in [6, 6.07) is 7.32. The van der Waals surface area contributed by atoms with Crippen LogP contribution in [0.3, 0.4) is 0 Å². The van der Waals surface area contributed by atoms with Crippen LogP contribution >= 0.6 is 0 Å². The maximum absolute atomic E-state index is 11.3. The second kappa shape index (κ2) is 3.38. The monoisotopic (exact) mass is 254 g/mol. The van der Waals surface area contributed by atoms with Gasteiger partial charge in [-0.2, -0.15) is 0 Å². The molecule has 0 atom stereocenters. The first-order chi connectivity index (χ1) is 8.12. The van der Waals surface area contributed by atoms with Gasteiger partial charge in [-0.1, -0.05) is 18.2 Å². The van der Waals surface area contributed by atoms with Crippen molar-refractivity contribution in [2.45, 2.75) is 6.42 Å². The van der Waals surface area contributed by atoms with Crippen LogP contribution in [0.5, 0.6) is 5.88 Å². The molecule has 0 saturated carbocycles. The third-order valence-corrected chi connectivity index (χ3v) is 3.33. The lowest BCUT2D eigenvalue weighted by Gasteiger charge is -1.98. The summed E-state index contributed by atoms with van der Waals surface area (Å²) in [5, 5.41) is 0.892. The molecule has 3 rings (SSSR count). The van der Waals surface area contributed by atoms with Crippen LogP contribution < -0.4 is 14.2 Å². The minimum absolute atomic E-state index is 0.205. The predicted molar refractivity (Wildman–Crippen MR) is 60.8 cm³/mol. The highest BCUT2D eigenvalue weighted by Gasteiger charge is 2.33. The highest BCUT2D eigenvalue weighted by molar-refractivity contribution is 7.82. The van der Waals surface area contributed by atoms with Crippen LogP contribution in [0.2, 0.25) is 0 Å². The van der Waals surface area contributed by atoms with Gasteiger partial charge in [0.1, 0.15) is 0 Å². The SMILES string of the molecule is NCCc1c2n(c3ccccc13)OS(=O)(=O)O2. The van der Waals surface area contributed by atoms with Crippen LogP contribution in [-0.2, 0) is 16.8 Å². The summed E-state index contributed by atoms with van der Waals surface area (Å²) in [5.41, 5.74) is 6.93. The fourth-order valence-corrected chi connectivity index (χ4v) is 2.72. The van der Waals surface area contributed by atoms with Crippen LogP contribution in [0.4, 0.5) is 0 Å². The van der Waals surface area contributed by atoms with E-state index in [1.54, 1.807) is 12.1 Å². The lowest BCUT2D eigenvalue weighted by atomic mass is 10.1. The number of hydrogen-bond donors (Lipinski definition) is 1. The maximum Gasteiger partial charge on any atom is 0.522 e. The number of hydrogen-bond acceptors (Lipinski definition) is 5. The van der Waals surface area contributed by atoms with E-state index in [9.17, 15) is 8.42 Å². The van der Waals surface area contributed by atoms with E-state index in [1.165, 1.54) is 4.73 Å². The quantitative estimate of drug-likeness (QED) is 0.828. The van der Waals surface area contributed by atoms with Crippen molar-refractivity contribution in [2.75, 3.05) is 6.54 Å². The zero-order valence-electron chi connectivity index (χ0n) is 8.79. The first-order valence-electron chi connectivity index (χ1n) is 5.09. The van der Waals surface area contributed by atoms with E-state index in [4.69, 9.17) is 14.2 Å². The van der Waals surface area contributed by atoms with Gasteiger partial charge in [0.25, 0.3) is 5.88 Å². The third kappa shape index (κ3) is 1.47. The van der Waals surface area contributed by atoms with Gasteiger partial charge in [-0.15, -0.1) is 13.1 Å². The molecular weight excluding hydrogens is 244 g/mol. The molecule has 1 aliphatic heterocycles. The molecule has 0 unspecified atom stereocenters. The van der Waals surface area contributed by atoms with E-state index >= 15 is 0 Å². The Hall–Kier alpha value is -1.73. The molecule has 0 amide bonds. The molecule has 0 fully saturated rings. The Bertz CT molecular complexity index is 690. The minimum atomic E-state index is -3.97. The Morgan fingerprint density at radius 2 is 2.06 bits per heavy atom. The number of aromatic nitrogens is 1. The van der Waals surface area contributed by atoms with E-state index in [1.807, 2.05) is 12.1 Å². The average Bonchev–Trinajstić information content (AvgIpc) is 2.73. The van der Waals surface area contributed by atoms with Crippen LogP contribution in [0.25, 0.3) is 10.9 Å². The molecule has 0 radical (unpaired) electrons. The summed E-state index contributed by atoms with van der Waals surface area (Å²) in [6.07, 6.45) is 0.529. The molecule has 17 heavy (non-hydrogen) atoms. The van der Waals surface area contributed by atoms with Crippen molar-refractivity contribution in [3.8, 4) is 5.88 Å². The van der Waals surface area contributed by atoms with Crippen molar-refractivity contribution < 1.29 is 16.9 Å². The highest BCUT2D eigenvalue weighted by atomic mass is 32.3. The summed E-state index contributed by atoms with van der Waals surface area (Å²) in [5.74, 6) is 0.205. The summed E-state index contributed by atoms with van der Waals surface area (Å²) in [6.45, 7) is 0.407. The van der Waals surface area contributed by atoms with Crippen molar-refractivity contribution in [3.63, 3.8) is 0 Å². The van der Waals surface area contributed by atoms with Crippen molar-refractivity contribution in [1.82, 2.24) is 4.73 Å². The zero-order valence-corrected chi connectivity index (χ0v) is 9.61. The second-order valence-electron chi connectivity index (χ2n) is 3.70. The fraction of sp³-hybridized carbons (Fsp3) is 0.200. The Morgan fingerprint density at radius 3 is 2.82 bits per heavy atom. The molecule has 1 aromatic heterocycles. The van der Waals surface area contributed by atoms with Crippen LogP contribution in [-0.4, -0.2) is 19.7 Å². The number of benzene rings is 1. The average molecular weight is 254 g/mol. The Balaban J connectivity index is 2.32. The fourth-order valence-electron chi connectivity index (χ4n) is 2.00. The van der Waals surface area contributed by atoms with Gasteiger partial charge in [0.2, 0.25) is 0 Å². The standard InChI is InChI=1S/C10H10N2O4S/c11-6-5-8-7-3-1-2-4-9(7)12-10(8)15-17(13,14)16-12/h1-4H,5-6,11H2. The molecule has 6 nitrogen and oxygen atoms in total. The van der Waals surface area contributed by atoms with Gasteiger partial charge >= 0.3 is 10.4 Å². The summed E-state index contributed by atoms with van der Waals surface area (Å²) in [7, 11) is -3.97. The first-order valence-corrected chi connectivity index (χ1v) is 6.42. The molecule has 2 heterocycles. The molecule has 1 aliphatic rings. The van der Waals surface area contributed by atoms with Gasteiger partial charge in [0.05, 0.1) is 5.52 Å². The van der Waals surface area contributed by atoms with Crippen LogP contribution in [0.1, 0.15) is 5.56 Å². The Kier molecular flexibility index (Phi) is 2.07. The number of rotatable bonds is 2. The molecule has 2 aromatic rings. The van der Waals surface area contributed by atoms with Crippen molar-refractivity contribution in [2.24, 2.45) is 5.73 Å². The number of fused-ring (bicyclic) bond motifs is 3. The molecule has 90 valence electrons. The highest BCUT2D eigenvalue weighted by Crippen LogP contribution is 2.35. The smallest absolute Gasteiger partial charge is 0.330 e. The topological polar surface area (TPSA) is 83.5 Å². The van der Waals surface area contributed by atoms with Crippen molar-refractivity contribution in [3.05, 3.63) is 29.8 Å². The molecule has 2 N–H and O–H groups in total. The molecule has 0 spiro atoms. The number of nitrogens with two attached hydrogens (primary N) is 1. The van der Waals surface area contributed by atoms with Crippen molar-refractivity contribution >= 4 is 21.3 Å². The zero-order chi connectivity index (χ0) is 12.0. The number of para-hydroxylation sites is 1. The van der Waals surface area contributed by atoms with Gasteiger partial charge in [0.15, 0.2) is 0 Å². The molecule has 1 aromatic carbocycles. The summed E-state index contributed by atoms with van der Waals surface area (Å²) in [4.78, 5) is 0. The van der Waals surface area contributed by atoms with Crippen LogP contribution in [0, 0.1) is 0 Å². The van der Waals surface area contributed by atoms with E-state index in [2.05, 4.69) is 0 Å². The van der Waals surface area contributed by atoms with Crippen LogP contribution in [0.15, 0.2) is 24.3 Å². The Labute approximate surface area is 97.8 Å². The first kappa shape index (κ1) is 10.4. The number of nitrogens with zero attached hydrogens (tertiary/aromatic N) is 1. The second-order valence-corrected chi connectivity index (χ2v) is 4.83. The Morgan fingerprint density at radius 1 is 1.29 bits per heavy atom. The lowest BCUT2D eigenvalue weighted by molar-refractivity contribution is 0.312. The molecule has 7 heteroatoms. The molecule has 0 bridgehead atoms. The molecular formula is C10H10N2O4S. The largest absolute Gasteiger partial charge is 0.522 e. The van der Waals surface area contributed by atoms with E-state index in [-0.39, 0.29) is 5.88 Å². The predicted octanol–water partition coefficient (Wildman–Crippen LogP) is 0.208. The van der Waals surface area contributed by atoms with E-state index in [0.717, 1.165) is 10.9 Å². The normalized spacial score (nSPS) is 16.5. The minimum Gasteiger partial charge on any atom is -0.330 e. The molecule has 0 saturated heterocycles. The van der Waals surface area contributed by atoms with Gasteiger partial charge in [0, 0.05) is 10.9 Å². The molecule has 0 aliphatic carbocycles. The van der Waals surface area contributed by atoms with Gasteiger partial charge < -0.3 is 9.92 Å². The van der Waals surface area contributed by atoms with Gasteiger partial charge in [-0.3, -0.25) is 4.28 Å².